The minimum absolute atomic E-state index is 0.0461. The van der Waals surface area contributed by atoms with Crippen molar-refractivity contribution < 1.29 is 28.7 Å². The molecule has 1 heterocycles. The third-order valence-electron chi connectivity index (χ3n) is 9.49. The number of primary amides is 1. The van der Waals surface area contributed by atoms with Gasteiger partial charge in [0, 0.05) is 6.54 Å². The summed E-state index contributed by atoms with van der Waals surface area (Å²) in [5, 5.41) is 5.66. The lowest BCUT2D eigenvalue weighted by atomic mass is 9.80. The summed E-state index contributed by atoms with van der Waals surface area (Å²) in [5.41, 5.74) is 4.47. The molecule has 0 bridgehead atoms. The van der Waals surface area contributed by atoms with Crippen LogP contribution in [0.25, 0.3) is 0 Å². The second-order valence-electron chi connectivity index (χ2n) is 13.7. The number of hydrogen-bond donors (Lipinski definition) is 3. The van der Waals surface area contributed by atoms with Crippen molar-refractivity contribution in [3.8, 4) is 0 Å². The van der Waals surface area contributed by atoms with Gasteiger partial charge >= 0.3 is 6.09 Å². The maximum absolute atomic E-state index is 14.1. The number of amides is 4. The number of fused-ring (bicyclic) bond motifs is 1. The van der Waals surface area contributed by atoms with Crippen LogP contribution in [0, 0.1) is 29.1 Å². The first kappa shape index (κ1) is 29.3. The largest absolute Gasteiger partial charge is 0.444 e. The Morgan fingerprint density at radius 3 is 2.15 bits per heavy atom. The minimum atomic E-state index is -1.07. The highest BCUT2D eigenvalue weighted by Crippen LogP contribution is 2.65. The number of ketones is 1. The predicted octanol–water partition coefficient (Wildman–Crippen LogP) is 2.67. The maximum Gasteiger partial charge on any atom is 0.408 e. The molecule has 3 saturated carbocycles. The zero-order chi connectivity index (χ0) is 28.7. The Morgan fingerprint density at radius 1 is 0.974 bits per heavy atom. The number of ether oxygens (including phenoxy) is 1. The number of nitrogens with two attached hydrogens (primary N) is 1. The van der Waals surface area contributed by atoms with Gasteiger partial charge in [-0.15, -0.1) is 0 Å². The molecule has 0 radical (unpaired) electrons. The minimum Gasteiger partial charge on any atom is -0.444 e. The van der Waals surface area contributed by atoms with E-state index in [1.807, 2.05) is 0 Å². The standard InChI is InChI=1S/C29H46N4O6/c1-28(2,3)39-27(38)32-21(17-12-7-6-8-13-17)26(37)33-15-18-20(29(18,4)5)22(33)25(36)31-19(23(34)24(30)35)14-16-10-9-11-16/h16-22H,6-15H2,1-5H3,(H2,30,35)(H,31,36)(H,32,38)/t18-,19-,20-,21-,22-/m0/s1. The average Bonchev–Trinajstić information content (AvgIpc) is 3.15. The second-order valence-corrected chi connectivity index (χ2v) is 13.7. The summed E-state index contributed by atoms with van der Waals surface area (Å²) in [6.45, 7) is 9.89. The van der Waals surface area contributed by atoms with Gasteiger partial charge in [0.1, 0.15) is 17.7 Å². The summed E-state index contributed by atoms with van der Waals surface area (Å²) in [6, 6.07) is -2.57. The smallest absolute Gasteiger partial charge is 0.408 e. The van der Waals surface area contributed by atoms with Gasteiger partial charge in [0.05, 0.1) is 6.04 Å². The molecule has 5 atom stereocenters. The van der Waals surface area contributed by atoms with E-state index in [0.29, 0.717) is 13.0 Å². The number of carbonyl (C=O) groups is 5. The number of nitrogens with one attached hydrogen (secondary N) is 2. The molecule has 39 heavy (non-hydrogen) atoms. The number of nitrogens with zero attached hydrogens (tertiary/aromatic N) is 1. The van der Waals surface area contributed by atoms with Gasteiger partial charge in [-0.25, -0.2) is 4.79 Å². The molecule has 0 aromatic heterocycles. The number of carbonyl (C=O) groups excluding carboxylic acids is 5. The van der Waals surface area contributed by atoms with E-state index in [1.54, 1.807) is 25.7 Å². The van der Waals surface area contributed by atoms with E-state index < -0.39 is 47.4 Å². The van der Waals surface area contributed by atoms with Gasteiger partial charge in [-0.2, -0.15) is 0 Å². The lowest BCUT2D eigenvalue weighted by Gasteiger charge is -2.37. The van der Waals surface area contributed by atoms with Gasteiger partial charge in [0.25, 0.3) is 5.91 Å². The van der Waals surface area contributed by atoms with E-state index in [-0.39, 0.29) is 35.0 Å². The number of rotatable bonds is 9. The molecule has 10 heteroatoms. The molecule has 0 aromatic rings. The van der Waals surface area contributed by atoms with Crippen molar-refractivity contribution in [2.45, 2.75) is 116 Å². The van der Waals surface area contributed by atoms with E-state index in [0.717, 1.165) is 51.4 Å². The lowest BCUT2D eigenvalue weighted by molar-refractivity contribution is -0.144. The highest BCUT2D eigenvalue weighted by molar-refractivity contribution is 6.37. The van der Waals surface area contributed by atoms with Crippen molar-refractivity contribution in [1.82, 2.24) is 15.5 Å². The van der Waals surface area contributed by atoms with E-state index >= 15 is 0 Å². The Labute approximate surface area is 231 Å². The zero-order valence-corrected chi connectivity index (χ0v) is 24.1. The average molecular weight is 547 g/mol. The normalized spacial score (nSPS) is 27.9. The van der Waals surface area contributed by atoms with Crippen LogP contribution in [0.3, 0.4) is 0 Å². The molecule has 4 rings (SSSR count). The first-order valence-corrected chi connectivity index (χ1v) is 14.6. The molecule has 0 unspecified atom stereocenters. The monoisotopic (exact) mass is 546 g/mol. The molecule has 4 N–H and O–H groups in total. The summed E-state index contributed by atoms with van der Waals surface area (Å²) < 4.78 is 5.48. The summed E-state index contributed by atoms with van der Waals surface area (Å²) >= 11 is 0. The van der Waals surface area contributed by atoms with Crippen LogP contribution < -0.4 is 16.4 Å². The Bertz CT molecular complexity index is 994. The zero-order valence-electron chi connectivity index (χ0n) is 24.1. The van der Waals surface area contributed by atoms with Crippen molar-refractivity contribution in [1.29, 1.82) is 0 Å². The van der Waals surface area contributed by atoms with Gasteiger partial charge in [0.15, 0.2) is 0 Å². The molecule has 0 spiro atoms. The van der Waals surface area contributed by atoms with Crippen molar-refractivity contribution >= 4 is 29.6 Å². The van der Waals surface area contributed by atoms with Crippen molar-refractivity contribution in [2.24, 2.45) is 34.8 Å². The summed E-state index contributed by atoms with van der Waals surface area (Å²) in [7, 11) is 0. The molecule has 4 fully saturated rings. The Kier molecular flexibility index (Phi) is 8.34. The summed E-state index contributed by atoms with van der Waals surface area (Å²) in [6.07, 6.45) is 7.35. The topological polar surface area (TPSA) is 148 Å². The number of hydrogen-bond acceptors (Lipinski definition) is 6. The van der Waals surface area contributed by atoms with Crippen molar-refractivity contribution in [3.63, 3.8) is 0 Å². The van der Waals surface area contributed by atoms with E-state index in [1.165, 1.54) is 0 Å². The van der Waals surface area contributed by atoms with Crippen molar-refractivity contribution in [3.05, 3.63) is 0 Å². The van der Waals surface area contributed by atoms with Crippen LogP contribution >= 0.6 is 0 Å². The number of Topliss-reactive ketones (excluding diaryl/α,β-unsaturated/α-hetero) is 1. The molecule has 3 aliphatic carbocycles. The van der Waals surface area contributed by atoms with Crippen LogP contribution in [0.1, 0.15) is 92.4 Å². The Morgan fingerprint density at radius 2 is 1.62 bits per heavy atom. The Hall–Kier alpha value is -2.65. The highest BCUT2D eigenvalue weighted by atomic mass is 16.6. The van der Waals surface area contributed by atoms with Crippen LogP contribution in [-0.2, 0) is 23.9 Å². The van der Waals surface area contributed by atoms with Crippen molar-refractivity contribution in [2.75, 3.05) is 6.54 Å². The fourth-order valence-electron chi connectivity index (χ4n) is 7.00. The molecule has 1 aliphatic heterocycles. The number of piperidine rings is 1. The third kappa shape index (κ3) is 6.40. The van der Waals surface area contributed by atoms with E-state index in [2.05, 4.69) is 24.5 Å². The first-order chi connectivity index (χ1) is 18.2. The van der Waals surface area contributed by atoms with Crippen LogP contribution in [0.15, 0.2) is 0 Å². The van der Waals surface area contributed by atoms with E-state index in [9.17, 15) is 24.0 Å². The van der Waals surface area contributed by atoms with Crippen LogP contribution in [-0.4, -0.2) is 64.8 Å². The van der Waals surface area contributed by atoms with Gasteiger partial charge in [-0.1, -0.05) is 52.4 Å². The lowest BCUT2D eigenvalue weighted by Crippen LogP contribution is -2.60. The van der Waals surface area contributed by atoms with Crippen LogP contribution in [0.4, 0.5) is 4.79 Å². The Balaban J connectivity index is 1.55. The van der Waals surface area contributed by atoms with Gasteiger partial charge < -0.3 is 26.0 Å². The molecule has 4 aliphatic rings. The molecule has 1 saturated heterocycles. The molecule has 0 aromatic carbocycles. The summed E-state index contributed by atoms with van der Waals surface area (Å²) in [4.78, 5) is 66.7. The maximum atomic E-state index is 14.1. The molecule has 218 valence electrons. The van der Waals surface area contributed by atoms with Gasteiger partial charge in [-0.3, -0.25) is 19.2 Å². The summed E-state index contributed by atoms with van der Waals surface area (Å²) in [5.74, 6) is -2.29. The molecular weight excluding hydrogens is 500 g/mol. The van der Waals surface area contributed by atoms with Crippen LogP contribution in [0.2, 0.25) is 0 Å². The molecule has 10 nitrogen and oxygen atoms in total. The predicted molar refractivity (Wildman–Crippen MR) is 144 cm³/mol. The third-order valence-corrected chi connectivity index (χ3v) is 9.49. The highest BCUT2D eigenvalue weighted by Gasteiger charge is 2.69. The fourth-order valence-corrected chi connectivity index (χ4v) is 7.00. The number of alkyl carbamates (subject to hydrolysis) is 1. The second kappa shape index (κ2) is 11.1. The van der Waals surface area contributed by atoms with Crippen LogP contribution in [0.5, 0.6) is 0 Å². The molecular formula is C29H46N4O6. The van der Waals surface area contributed by atoms with Gasteiger partial charge in [0.2, 0.25) is 17.6 Å². The first-order valence-electron chi connectivity index (χ1n) is 14.6. The quantitative estimate of drug-likeness (QED) is 0.379. The van der Waals surface area contributed by atoms with Gasteiger partial charge in [-0.05, 0) is 69.1 Å². The molecule has 4 amide bonds. The number of likely N-dealkylation sites (tertiary alicyclic amines) is 1. The fraction of sp³-hybridized carbons (Fsp3) is 0.828. The SMILES string of the molecule is CC(C)(C)OC(=O)N[C@H](C(=O)N1C[C@H]2[C@@H]([C@H]1C(=O)N[C@@H](CC1CCC1)C(=O)C(N)=O)C2(C)C)C1CCCCC1. The van der Waals surface area contributed by atoms with E-state index in [4.69, 9.17) is 10.5 Å².